The molecule has 0 amide bonds. The highest BCUT2D eigenvalue weighted by Crippen LogP contribution is 2.27. The third-order valence-electron chi connectivity index (χ3n) is 2.69. The second-order valence-electron chi connectivity index (χ2n) is 4.05. The molecule has 1 saturated heterocycles. The van der Waals surface area contributed by atoms with Gasteiger partial charge in [0.05, 0.1) is 0 Å². The second-order valence-corrected chi connectivity index (χ2v) is 9.94. The third-order valence-corrected chi connectivity index (χ3v) is 8.09. The van der Waals surface area contributed by atoms with Crippen LogP contribution in [0.2, 0.25) is 0 Å². The lowest BCUT2D eigenvalue weighted by Crippen LogP contribution is -2.52. The Kier molecular flexibility index (Phi) is 3.85. The number of hydrogen-bond donors (Lipinski definition) is 0. The van der Waals surface area contributed by atoms with Crippen molar-refractivity contribution in [2.45, 2.75) is 12.3 Å². The number of benzene rings is 1. The summed E-state index contributed by atoms with van der Waals surface area (Å²) in [5.41, 5.74) is 0. The van der Waals surface area contributed by atoms with E-state index in [-0.39, 0.29) is 9.25 Å². The number of rotatable bonds is 2. The van der Waals surface area contributed by atoms with Crippen molar-refractivity contribution in [1.29, 1.82) is 0 Å². The molecule has 15 heavy (non-hydrogen) atoms. The van der Waals surface area contributed by atoms with Crippen molar-refractivity contribution in [2.24, 2.45) is 5.92 Å². The molecule has 1 aromatic rings. The fourth-order valence-electron chi connectivity index (χ4n) is 1.99. The normalized spacial score (nSPS) is 28.7. The van der Waals surface area contributed by atoms with Gasteiger partial charge in [-0.05, 0) is 24.8 Å². The molecule has 82 valence electrons. The van der Waals surface area contributed by atoms with Crippen LogP contribution in [0, 0.1) is 5.92 Å². The first kappa shape index (κ1) is 11.6. The van der Waals surface area contributed by atoms with Gasteiger partial charge in [0.25, 0.3) is 0 Å². The van der Waals surface area contributed by atoms with E-state index in [1.807, 2.05) is 0 Å². The third kappa shape index (κ3) is 2.63. The summed E-state index contributed by atoms with van der Waals surface area (Å²) in [4.78, 5) is 2.44. The Morgan fingerprint density at radius 1 is 1.40 bits per heavy atom. The maximum absolute atomic E-state index is 3.90. The van der Waals surface area contributed by atoms with Gasteiger partial charge in [-0.15, -0.1) is 0 Å². The zero-order valence-corrected chi connectivity index (χ0v) is 11.8. The molecule has 0 bridgehead atoms. The largest absolute Gasteiger partial charge is 0.404 e. The van der Waals surface area contributed by atoms with Crippen molar-refractivity contribution in [3.63, 3.8) is 0 Å². The lowest BCUT2D eigenvalue weighted by molar-refractivity contribution is 0.121. The van der Waals surface area contributed by atoms with Gasteiger partial charge in [-0.2, -0.15) is 0 Å². The summed E-state index contributed by atoms with van der Waals surface area (Å²) >= 11 is 0. The Morgan fingerprint density at radius 3 is 2.60 bits per heavy atom. The zero-order valence-electron chi connectivity index (χ0n) is 9.05. The minimum Gasteiger partial charge on any atom is -0.404 e. The van der Waals surface area contributed by atoms with Crippen LogP contribution in [0.15, 0.2) is 30.3 Å². The highest BCUT2D eigenvalue weighted by molar-refractivity contribution is 8.34. The van der Waals surface area contributed by atoms with Gasteiger partial charge in [-0.25, -0.2) is 7.36 Å². The SMILES string of the molecule is CC1CN(C)C1[S-](=P)=Pc1ccccc1. The fraction of sp³-hybridized carbons (Fsp3) is 0.455. The molecule has 2 unspecified atom stereocenters. The molecule has 2 rings (SSSR count). The van der Waals surface area contributed by atoms with Crippen molar-refractivity contribution >= 4 is 29.9 Å². The average Bonchev–Trinajstić information content (AvgIpc) is 2.18. The Morgan fingerprint density at radius 2 is 2.07 bits per heavy atom. The Labute approximate surface area is 97.1 Å². The average molecular weight is 256 g/mol. The highest BCUT2D eigenvalue weighted by Gasteiger charge is 2.25. The predicted molar refractivity (Wildman–Crippen MR) is 74.3 cm³/mol. The van der Waals surface area contributed by atoms with E-state index in [9.17, 15) is 0 Å². The number of nitrogens with zero attached hydrogens (tertiary/aromatic N) is 1. The monoisotopic (exact) mass is 256 g/mol. The summed E-state index contributed by atoms with van der Waals surface area (Å²) in [6.45, 7) is 3.58. The van der Waals surface area contributed by atoms with Crippen LogP contribution >= 0.6 is 15.4 Å². The predicted octanol–water partition coefficient (Wildman–Crippen LogP) is 2.76. The smallest absolute Gasteiger partial charge is 0.00157 e. The molecule has 0 spiro atoms. The van der Waals surface area contributed by atoms with E-state index >= 15 is 0 Å². The quantitative estimate of drug-likeness (QED) is 0.581. The van der Waals surface area contributed by atoms with E-state index in [0.29, 0.717) is 5.37 Å². The molecular weight excluding hydrogens is 240 g/mol. The molecule has 0 aliphatic carbocycles. The first-order valence-electron chi connectivity index (χ1n) is 5.10. The molecule has 0 N–H and O–H groups in total. The van der Waals surface area contributed by atoms with Crippen LogP contribution in [0.3, 0.4) is 0 Å². The van der Waals surface area contributed by atoms with Crippen molar-refractivity contribution in [1.82, 2.24) is 4.90 Å². The zero-order chi connectivity index (χ0) is 10.8. The fourth-order valence-corrected chi connectivity index (χ4v) is 8.24. The molecule has 0 radical (unpaired) electrons. The van der Waals surface area contributed by atoms with Crippen LogP contribution in [0.5, 0.6) is 0 Å². The summed E-state index contributed by atoms with van der Waals surface area (Å²) in [5.74, 6) is 0.826. The van der Waals surface area contributed by atoms with Gasteiger partial charge in [-0.1, -0.05) is 42.6 Å². The maximum Gasteiger partial charge on any atom is -0.00157 e. The van der Waals surface area contributed by atoms with E-state index in [1.165, 1.54) is 19.2 Å². The molecule has 0 aromatic heterocycles. The van der Waals surface area contributed by atoms with Crippen LogP contribution in [-0.2, 0) is 9.25 Å². The molecular formula is C11H16NP2S-. The maximum atomic E-state index is 3.90. The van der Waals surface area contributed by atoms with Gasteiger partial charge in [0, 0.05) is 0 Å². The van der Waals surface area contributed by atoms with Crippen molar-refractivity contribution < 1.29 is 0 Å². The summed E-state index contributed by atoms with van der Waals surface area (Å²) in [5, 5.41) is 2.12. The molecule has 4 heteroatoms. The number of likely N-dealkylation sites (tertiary alicyclic amines) is 1. The highest BCUT2D eigenvalue weighted by atomic mass is 32.7. The van der Waals surface area contributed by atoms with Crippen molar-refractivity contribution in [3.05, 3.63) is 30.3 Å². The minimum atomic E-state index is 0.265. The molecule has 1 aromatic carbocycles. The second kappa shape index (κ2) is 4.97. The van der Waals surface area contributed by atoms with Gasteiger partial charge in [-0.3, -0.25) is 8.02 Å². The van der Waals surface area contributed by atoms with Crippen LogP contribution in [-0.4, -0.2) is 23.9 Å². The standard InChI is InChI=1S/C11H16NP2S/c1-9-8-12(2)11(9)15(13)14-10-6-4-3-5-7-10/h3-7,9,11,13H,8H2,1-2H3/q-1. The lowest BCUT2D eigenvalue weighted by atomic mass is 10.0. The molecule has 1 nitrogen and oxygen atoms in total. The summed E-state index contributed by atoms with van der Waals surface area (Å²) in [6, 6.07) is 10.7. The molecule has 1 fully saturated rings. The van der Waals surface area contributed by atoms with Crippen LogP contribution in [0.1, 0.15) is 6.92 Å². The summed E-state index contributed by atoms with van der Waals surface area (Å²) in [6.07, 6.45) is 0. The summed E-state index contributed by atoms with van der Waals surface area (Å²) in [7, 11) is 7.79. The van der Waals surface area contributed by atoms with Crippen molar-refractivity contribution in [3.8, 4) is 0 Å². The van der Waals surface area contributed by atoms with E-state index in [0.717, 1.165) is 5.92 Å². The van der Waals surface area contributed by atoms with Crippen LogP contribution < -0.4 is 5.30 Å². The Bertz CT molecular complexity index is 404. The van der Waals surface area contributed by atoms with E-state index in [4.69, 9.17) is 0 Å². The van der Waals surface area contributed by atoms with E-state index in [1.54, 1.807) is 0 Å². The van der Waals surface area contributed by atoms with Crippen LogP contribution in [0.4, 0.5) is 0 Å². The van der Waals surface area contributed by atoms with Gasteiger partial charge in [0.15, 0.2) is 0 Å². The first-order valence-corrected chi connectivity index (χ1v) is 9.11. The van der Waals surface area contributed by atoms with E-state index < -0.39 is 0 Å². The van der Waals surface area contributed by atoms with Gasteiger partial charge in [0.2, 0.25) is 0 Å². The molecule has 1 aliphatic heterocycles. The molecule has 0 saturated carbocycles. The van der Waals surface area contributed by atoms with Gasteiger partial charge in [0.1, 0.15) is 0 Å². The van der Waals surface area contributed by atoms with E-state index in [2.05, 4.69) is 57.2 Å². The number of hydrogen-bond acceptors (Lipinski definition) is 2. The van der Waals surface area contributed by atoms with Gasteiger partial charge < -0.3 is 14.2 Å². The Balaban J connectivity index is 2.18. The Hall–Kier alpha value is 0.130. The summed E-state index contributed by atoms with van der Waals surface area (Å²) < 4.78 is 0. The lowest BCUT2D eigenvalue weighted by Gasteiger charge is -2.50. The molecule has 1 aliphatic rings. The topological polar surface area (TPSA) is 3.24 Å². The van der Waals surface area contributed by atoms with Crippen LogP contribution in [0.25, 0.3) is 0 Å². The van der Waals surface area contributed by atoms with Crippen molar-refractivity contribution in [2.75, 3.05) is 13.6 Å². The first-order chi connectivity index (χ1) is 7.18. The molecule has 1 heterocycles. The molecule has 2 atom stereocenters. The minimum absolute atomic E-state index is 0.265. The van der Waals surface area contributed by atoms with Gasteiger partial charge >= 0.3 is 0 Å².